The van der Waals surface area contributed by atoms with E-state index in [1.807, 2.05) is 23.9 Å². The number of rotatable bonds is 7. The summed E-state index contributed by atoms with van der Waals surface area (Å²) >= 11 is 1.86. The lowest BCUT2D eigenvalue weighted by Gasteiger charge is -2.04. The molecule has 0 heterocycles. The van der Waals surface area contributed by atoms with Crippen LogP contribution in [0.4, 0.5) is 0 Å². The van der Waals surface area contributed by atoms with Crippen LogP contribution in [-0.4, -0.2) is 5.75 Å². The molecule has 0 aliphatic rings. The molecule has 15 heavy (non-hydrogen) atoms. The summed E-state index contributed by atoms with van der Waals surface area (Å²) in [6, 6.07) is 10.5. The van der Waals surface area contributed by atoms with Gasteiger partial charge >= 0.3 is 0 Å². The van der Waals surface area contributed by atoms with Crippen molar-refractivity contribution < 1.29 is 0 Å². The molecule has 0 saturated carbocycles. The maximum Gasteiger partial charge on any atom is 0.0188 e. The van der Waals surface area contributed by atoms with Crippen LogP contribution in [0.5, 0.6) is 0 Å². The Morgan fingerprint density at radius 3 is 2.67 bits per heavy atom. The summed E-state index contributed by atoms with van der Waals surface area (Å²) in [6.07, 6.45) is 5.36. The molecule has 0 atom stereocenters. The van der Waals surface area contributed by atoms with Crippen LogP contribution in [0.25, 0.3) is 0 Å². The van der Waals surface area contributed by atoms with E-state index in [1.165, 1.54) is 16.9 Å². The topological polar surface area (TPSA) is 0 Å². The Kier molecular flexibility index (Phi) is 5.94. The summed E-state index contributed by atoms with van der Waals surface area (Å²) in [4.78, 5) is 1.32. The van der Waals surface area contributed by atoms with Gasteiger partial charge in [0.1, 0.15) is 0 Å². The molecule has 0 spiro atoms. The van der Waals surface area contributed by atoms with Crippen LogP contribution in [0.1, 0.15) is 19.3 Å². The zero-order valence-electron chi connectivity index (χ0n) is 9.11. The Bertz CT molecular complexity index is 300. The highest BCUT2D eigenvalue weighted by molar-refractivity contribution is 7.99. The van der Waals surface area contributed by atoms with Gasteiger partial charge in [0.25, 0.3) is 0 Å². The first kappa shape index (κ1) is 12.1. The van der Waals surface area contributed by atoms with Crippen molar-refractivity contribution in [3.63, 3.8) is 0 Å². The predicted molar refractivity (Wildman–Crippen MR) is 70.4 cm³/mol. The van der Waals surface area contributed by atoms with E-state index in [4.69, 9.17) is 0 Å². The van der Waals surface area contributed by atoms with Gasteiger partial charge in [0.05, 0.1) is 0 Å². The average molecular weight is 218 g/mol. The van der Waals surface area contributed by atoms with Crippen molar-refractivity contribution in [3.8, 4) is 0 Å². The minimum atomic E-state index is 1.03. The van der Waals surface area contributed by atoms with Crippen LogP contribution < -0.4 is 0 Å². The van der Waals surface area contributed by atoms with E-state index in [0.717, 1.165) is 18.6 Å². The second-order valence-corrected chi connectivity index (χ2v) is 4.58. The standard InChI is InChI=1S/C14H18S/c1-3-4-6-9-13(2)12-15-14-10-7-5-8-11-14/h3,5,7-8,10-11H,1-2,4,6,9,12H2. The average Bonchev–Trinajstić information content (AvgIpc) is 2.28. The van der Waals surface area contributed by atoms with Gasteiger partial charge in [0.15, 0.2) is 0 Å². The SMILES string of the molecule is C=CCCCC(=C)CSc1ccccc1. The second-order valence-electron chi connectivity index (χ2n) is 3.53. The van der Waals surface area contributed by atoms with E-state index in [2.05, 4.69) is 37.4 Å². The van der Waals surface area contributed by atoms with Gasteiger partial charge in [-0.3, -0.25) is 0 Å². The number of hydrogen-bond donors (Lipinski definition) is 0. The molecule has 80 valence electrons. The van der Waals surface area contributed by atoms with E-state index >= 15 is 0 Å². The van der Waals surface area contributed by atoms with Crippen LogP contribution in [0.2, 0.25) is 0 Å². The van der Waals surface area contributed by atoms with E-state index in [9.17, 15) is 0 Å². The molecular weight excluding hydrogens is 200 g/mol. The molecule has 0 N–H and O–H groups in total. The van der Waals surface area contributed by atoms with Crippen molar-refractivity contribution in [1.82, 2.24) is 0 Å². The molecule has 1 heteroatoms. The fourth-order valence-electron chi connectivity index (χ4n) is 1.27. The van der Waals surface area contributed by atoms with Crippen molar-refractivity contribution in [3.05, 3.63) is 55.1 Å². The number of thioether (sulfide) groups is 1. The Hall–Kier alpha value is -0.950. The van der Waals surface area contributed by atoms with Gasteiger partial charge in [0.2, 0.25) is 0 Å². The minimum Gasteiger partial charge on any atom is -0.122 e. The summed E-state index contributed by atoms with van der Waals surface area (Å²) in [7, 11) is 0. The van der Waals surface area contributed by atoms with Gasteiger partial charge in [-0.25, -0.2) is 0 Å². The third kappa shape index (κ3) is 5.48. The van der Waals surface area contributed by atoms with Crippen LogP contribution in [0.3, 0.4) is 0 Å². The predicted octanol–water partition coefficient (Wildman–Crippen LogP) is 4.69. The molecule has 0 aliphatic carbocycles. The molecule has 0 amide bonds. The number of allylic oxidation sites excluding steroid dienone is 1. The smallest absolute Gasteiger partial charge is 0.0188 e. The highest BCUT2D eigenvalue weighted by atomic mass is 32.2. The highest BCUT2D eigenvalue weighted by Crippen LogP contribution is 2.21. The Morgan fingerprint density at radius 2 is 2.00 bits per heavy atom. The van der Waals surface area contributed by atoms with E-state index in [-0.39, 0.29) is 0 Å². The van der Waals surface area contributed by atoms with Gasteiger partial charge in [0, 0.05) is 10.6 Å². The minimum absolute atomic E-state index is 1.03. The lowest BCUT2D eigenvalue weighted by molar-refractivity contribution is 0.838. The summed E-state index contributed by atoms with van der Waals surface area (Å²) in [5.41, 5.74) is 1.32. The second kappa shape index (κ2) is 7.36. The molecule has 0 aromatic heterocycles. The molecule has 0 saturated heterocycles. The summed E-state index contributed by atoms with van der Waals surface area (Å²) in [5, 5.41) is 0. The van der Waals surface area contributed by atoms with Crippen molar-refractivity contribution in [2.75, 3.05) is 5.75 Å². The van der Waals surface area contributed by atoms with Crippen molar-refractivity contribution in [1.29, 1.82) is 0 Å². The van der Waals surface area contributed by atoms with E-state index < -0.39 is 0 Å². The summed E-state index contributed by atoms with van der Waals surface area (Å²) < 4.78 is 0. The first-order valence-corrected chi connectivity index (χ1v) is 6.27. The third-order valence-electron chi connectivity index (χ3n) is 2.12. The molecule has 0 unspecified atom stereocenters. The largest absolute Gasteiger partial charge is 0.122 e. The lowest BCUT2D eigenvalue weighted by atomic mass is 10.1. The normalized spacial score (nSPS) is 9.87. The number of hydrogen-bond acceptors (Lipinski definition) is 1. The van der Waals surface area contributed by atoms with Gasteiger partial charge in [-0.1, -0.05) is 36.4 Å². The fourth-order valence-corrected chi connectivity index (χ4v) is 2.14. The van der Waals surface area contributed by atoms with E-state index in [0.29, 0.717) is 0 Å². The van der Waals surface area contributed by atoms with Crippen molar-refractivity contribution in [2.45, 2.75) is 24.2 Å². The third-order valence-corrected chi connectivity index (χ3v) is 3.28. The molecule has 0 nitrogen and oxygen atoms in total. The zero-order chi connectivity index (χ0) is 10.9. The Labute approximate surface area is 97.1 Å². The molecule has 0 fully saturated rings. The maximum absolute atomic E-state index is 4.09. The van der Waals surface area contributed by atoms with Gasteiger partial charge in [-0.05, 0) is 31.4 Å². The maximum atomic E-state index is 4.09. The first-order valence-electron chi connectivity index (χ1n) is 5.28. The lowest BCUT2D eigenvalue weighted by Crippen LogP contribution is -1.86. The molecule has 0 aliphatic heterocycles. The monoisotopic (exact) mass is 218 g/mol. The van der Waals surface area contributed by atoms with Crippen LogP contribution in [0.15, 0.2) is 60.0 Å². The number of benzene rings is 1. The fraction of sp³-hybridized carbons (Fsp3) is 0.286. The van der Waals surface area contributed by atoms with Crippen molar-refractivity contribution >= 4 is 11.8 Å². The van der Waals surface area contributed by atoms with Crippen LogP contribution in [0, 0.1) is 0 Å². The van der Waals surface area contributed by atoms with Gasteiger partial charge in [-0.15, -0.1) is 18.3 Å². The Balaban J connectivity index is 2.20. The van der Waals surface area contributed by atoms with E-state index in [1.54, 1.807) is 0 Å². The van der Waals surface area contributed by atoms with Crippen LogP contribution in [-0.2, 0) is 0 Å². The summed E-state index contributed by atoms with van der Waals surface area (Å²) in [5.74, 6) is 1.03. The summed E-state index contributed by atoms with van der Waals surface area (Å²) in [6.45, 7) is 7.80. The van der Waals surface area contributed by atoms with Gasteiger partial charge < -0.3 is 0 Å². The highest BCUT2D eigenvalue weighted by Gasteiger charge is 1.96. The molecule has 0 radical (unpaired) electrons. The Morgan fingerprint density at radius 1 is 1.27 bits per heavy atom. The zero-order valence-corrected chi connectivity index (χ0v) is 9.93. The van der Waals surface area contributed by atoms with Gasteiger partial charge in [-0.2, -0.15) is 0 Å². The quantitative estimate of drug-likeness (QED) is 0.363. The molecule has 1 aromatic rings. The first-order chi connectivity index (χ1) is 7.33. The van der Waals surface area contributed by atoms with Crippen LogP contribution >= 0.6 is 11.8 Å². The van der Waals surface area contributed by atoms with Crippen molar-refractivity contribution in [2.24, 2.45) is 0 Å². The molecular formula is C14H18S. The molecule has 0 bridgehead atoms. The molecule has 1 aromatic carbocycles. The number of unbranched alkanes of at least 4 members (excludes halogenated alkanes) is 1. The molecule has 1 rings (SSSR count).